The van der Waals surface area contributed by atoms with Crippen molar-refractivity contribution in [3.05, 3.63) is 0 Å². The fourth-order valence-corrected chi connectivity index (χ4v) is 7.23. The van der Waals surface area contributed by atoms with Crippen molar-refractivity contribution in [3.63, 3.8) is 0 Å². The van der Waals surface area contributed by atoms with Crippen molar-refractivity contribution >= 4 is 29.5 Å². The van der Waals surface area contributed by atoms with Gasteiger partial charge < -0.3 is 8.23 Å². The normalized spacial score (nSPS) is 12.2. The van der Waals surface area contributed by atoms with Crippen molar-refractivity contribution in [2.75, 3.05) is 0 Å². The van der Waals surface area contributed by atoms with Gasteiger partial charge in [0.25, 0.3) is 10.0 Å². The Labute approximate surface area is 89.7 Å². The third-order valence-corrected chi connectivity index (χ3v) is 7.66. The molecule has 0 aromatic rings. The van der Waals surface area contributed by atoms with Crippen molar-refractivity contribution in [2.24, 2.45) is 0 Å². The summed E-state index contributed by atoms with van der Waals surface area (Å²) in [5.41, 5.74) is 0. The molecule has 0 heterocycles. The third-order valence-electron chi connectivity index (χ3n) is 2.18. The molecule has 13 heavy (non-hydrogen) atoms. The van der Waals surface area contributed by atoms with Gasteiger partial charge in [-0.15, -0.1) is 0 Å². The molecule has 0 saturated carbocycles. The van der Waals surface area contributed by atoms with Crippen molar-refractivity contribution in [1.82, 2.24) is 0 Å². The number of unbranched alkanes of at least 4 members (excludes halogenated alkanes) is 2. The molecule has 0 aromatic heterocycles. The van der Waals surface area contributed by atoms with E-state index in [2.05, 4.69) is 13.8 Å². The lowest BCUT2D eigenvalue weighted by molar-refractivity contribution is 0.482. The van der Waals surface area contributed by atoms with Gasteiger partial charge in [-0.2, -0.15) is 0 Å². The zero-order valence-corrected chi connectivity index (χ0v) is 13.9. The lowest BCUT2D eigenvalue weighted by atomic mass is 10.4. The van der Waals surface area contributed by atoms with Gasteiger partial charge in [0.2, 0.25) is 0 Å². The van der Waals surface area contributed by atoms with E-state index in [1.54, 1.807) is 0 Å². The van der Waals surface area contributed by atoms with E-state index in [1.807, 2.05) is 0 Å². The van der Waals surface area contributed by atoms with Crippen LogP contribution in [0.25, 0.3) is 0 Å². The molecule has 0 bridgehead atoms. The summed E-state index contributed by atoms with van der Waals surface area (Å²) in [6.07, 6.45) is 5.33. The quantitative estimate of drug-likeness (QED) is 0.547. The second-order valence-electron chi connectivity index (χ2n) is 3.48. The number of hydrogen-bond acceptors (Lipinski definition) is 2. The predicted octanol–water partition coefficient (Wildman–Crippen LogP) is 0.623. The Hall–Kier alpha value is 0.571. The van der Waals surface area contributed by atoms with Crippen LogP contribution < -0.4 is 0 Å². The fourth-order valence-electron chi connectivity index (χ4n) is 1.34. The van der Waals surface area contributed by atoms with Crippen molar-refractivity contribution < 1.29 is 8.23 Å². The molecule has 0 N–H and O–H groups in total. The lowest BCUT2D eigenvalue weighted by Crippen LogP contribution is -2.21. The minimum Gasteiger partial charge on any atom is -0.449 e. The Morgan fingerprint density at radius 1 is 1.15 bits per heavy atom. The van der Waals surface area contributed by atoms with Crippen molar-refractivity contribution in [1.29, 1.82) is 0 Å². The van der Waals surface area contributed by atoms with Gasteiger partial charge in [-0.1, -0.05) is 39.5 Å². The van der Waals surface area contributed by atoms with Crippen LogP contribution in [-0.4, -0.2) is 29.5 Å². The van der Waals surface area contributed by atoms with E-state index in [1.165, 1.54) is 37.8 Å². The monoisotopic (exact) mass is 236 g/mol. The molecular weight excluding hydrogens is 212 g/mol. The van der Waals surface area contributed by atoms with Crippen LogP contribution in [-0.2, 0) is 8.23 Å². The third kappa shape index (κ3) is 8.89. The minimum atomic E-state index is -0.828. The topological polar surface area (TPSA) is 18.5 Å². The number of rotatable bonds is 9. The SMILES string of the molecule is CCCC[SiH](CCCC)O[SiH2]O[SiH3]. The van der Waals surface area contributed by atoms with E-state index in [4.69, 9.17) is 8.23 Å². The zero-order valence-electron chi connectivity index (χ0n) is 9.34. The van der Waals surface area contributed by atoms with Gasteiger partial charge in [0, 0.05) is 0 Å². The maximum Gasteiger partial charge on any atom is 0.283 e. The van der Waals surface area contributed by atoms with E-state index in [0.29, 0.717) is 0 Å². The van der Waals surface area contributed by atoms with E-state index >= 15 is 0 Å². The molecule has 0 radical (unpaired) electrons. The average Bonchev–Trinajstić information content (AvgIpc) is 2.17. The smallest absolute Gasteiger partial charge is 0.283 e. The summed E-state index contributed by atoms with van der Waals surface area (Å²) in [7, 11) is -0.522. The standard InChI is InChI=1S/C8H24O2Si3/c1-3-5-7-13(8-6-4-2)10-12-9-11/h13H,3-8,12H2,1-2,11H3. The van der Waals surface area contributed by atoms with Crippen LogP contribution in [0.4, 0.5) is 0 Å². The van der Waals surface area contributed by atoms with E-state index in [-0.39, 0.29) is 0 Å². The first-order valence-corrected chi connectivity index (χ1v) is 9.53. The van der Waals surface area contributed by atoms with Gasteiger partial charge in [0.15, 0.2) is 9.04 Å². The molecule has 2 nitrogen and oxygen atoms in total. The molecule has 0 aliphatic heterocycles. The lowest BCUT2D eigenvalue weighted by Gasteiger charge is -2.15. The Kier molecular flexibility index (Phi) is 11.1. The Balaban J connectivity index is 3.47. The second-order valence-corrected chi connectivity index (χ2v) is 9.76. The molecule has 0 rings (SSSR count). The highest BCUT2D eigenvalue weighted by atomic mass is 28.4. The summed E-state index contributed by atoms with van der Waals surface area (Å²) >= 11 is 0. The summed E-state index contributed by atoms with van der Waals surface area (Å²) < 4.78 is 11.1. The first-order chi connectivity index (χ1) is 6.35. The van der Waals surface area contributed by atoms with Gasteiger partial charge in [0.05, 0.1) is 0 Å². The molecular formula is C8H24O2Si3. The summed E-state index contributed by atoms with van der Waals surface area (Å²) in [5.74, 6) is 0. The number of hydrogen-bond donors (Lipinski definition) is 0. The molecule has 0 amide bonds. The minimum absolute atomic E-state index is 0.558. The first-order valence-electron chi connectivity index (χ1n) is 5.45. The second kappa shape index (κ2) is 10.7. The van der Waals surface area contributed by atoms with Gasteiger partial charge in [-0.3, -0.25) is 0 Å². The highest BCUT2D eigenvalue weighted by molar-refractivity contribution is 6.57. The highest BCUT2D eigenvalue weighted by Crippen LogP contribution is 2.10. The van der Waals surface area contributed by atoms with E-state index in [0.717, 1.165) is 10.5 Å². The largest absolute Gasteiger partial charge is 0.449 e. The van der Waals surface area contributed by atoms with Crippen molar-refractivity contribution in [3.8, 4) is 0 Å². The maximum absolute atomic E-state index is 5.89. The molecule has 0 fully saturated rings. The Morgan fingerprint density at radius 2 is 1.69 bits per heavy atom. The Morgan fingerprint density at radius 3 is 2.08 bits per heavy atom. The average molecular weight is 237 g/mol. The Bertz CT molecular complexity index is 84.4. The highest BCUT2D eigenvalue weighted by Gasteiger charge is 2.09. The van der Waals surface area contributed by atoms with Crippen LogP contribution in [0.2, 0.25) is 12.1 Å². The maximum atomic E-state index is 5.89. The summed E-state index contributed by atoms with van der Waals surface area (Å²) in [5, 5.41) is 0. The molecule has 80 valence electrons. The van der Waals surface area contributed by atoms with Crippen LogP contribution >= 0.6 is 0 Å². The fraction of sp³-hybridized carbons (Fsp3) is 1.00. The van der Waals surface area contributed by atoms with Crippen LogP contribution in [0.15, 0.2) is 0 Å². The van der Waals surface area contributed by atoms with Crippen molar-refractivity contribution in [2.45, 2.75) is 51.6 Å². The van der Waals surface area contributed by atoms with Gasteiger partial charge in [0.1, 0.15) is 10.5 Å². The van der Waals surface area contributed by atoms with E-state index < -0.39 is 19.0 Å². The van der Waals surface area contributed by atoms with Crippen LogP contribution in [0.1, 0.15) is 39.5 Å². The van der Waals surface area contributed by atoms with Crippen LogP contribution in [0.3, 0.4) is 0 Å². The van der Waals surface area contributed by atoms with E-state index in [9.17, 15) is 0 Å². The summed E-state index contributed by atoms with van der Waals surface area (Å²) in [6.45, 7) is 4.51. The molecule has 0 aromatic carbocycles. The zero-order chi connectivity index (χ0) is 9.94. The first kappa shape index (κ1) is 13.6. The molecule has 0 aliphatic carbocycles. The predicted molar refractivity (Wildman–Crippen MR) is 67.2 cm³/mol. The molecule has 0 aliphatic rings. The molecule has 0 spiro atoms. The van der Waals surface area contributed by atoms with Gasteiger partial charge in [-0.05, 0) is 12.1 Å². The summed E-state index contributed by atoms with van der Waals surface area (Å²) in [6, 6.07) is 2.74. The van der Waals surface area contributed by atoms with Crippen LogP contribution in [0, 0.1) is 0 Å². The molecule has 0 atom stereocenters. The summed E-state index contributed by atoms with van der Waals surface area (Å²) in [4.78, 5) is 0. The van der Waals surface area contributed by atoms with Gasteiger partial charge in [-0.25, -0.2) is 0 Å². The molecule has 0 saturated heterocycles. The van der Waals surface area contributed by atoms with Crippen LogP contribution in [0.5, 0.6) is 0 Å². The molecule has 0 unspecified atom stereocenters. The molecule has 5 heteroatoms. The van der Waals surface area contributed by atoms with Gasteiger partial charge >= 0.3 is 0 Å².